The number of fused-ring (bicyclic) bond motifs is 1. The highest BCUT2D eigenvalue weighted by molar-refractivity contribution is 7.89. The zero-order chi connectivity index (χ0) is 28.3. The molecule has 1 fully saturated rings. The van der Waals surface area contributed by atoms with Gasteiger partial charge in [0.1, 0.15) is 5.52 Å². The van der Waals surface area contributed by atoms with E-state index in [1.54, 1.807) is 13.8 Å². The number of rotatable bonds is 10. The predicted molar refractivity (Wildman–Crippen MR) is 158 cm³/mol. The minimum atomic E-state index is -3.40. The molecule has 0 radical (unpaired) electrons. The van der Waals surface area contributed by atoms with Crippen molar-refractivity contribution in [3.63, 3.8) is 0 Å². The average molecular weight is 568 g/mol. The molecule has 2 aliphatic heterocycles. The molecule has 0 amide bonds. The van der Waals surface area contributed by atoms with E-state index < -0.39 is 15.6 Å². The highest BCUT2D eigenvalue weighted by Crippen LogP contribution is 2.29. The normalized spacial score (nSPS) is 17.9. The van der Waals surface area contributed by atoms with Gasteiger partial charge in [0.2, 0.25) is 16.0 Å². The summed E-state index contributed by atoms with van der Waals surface area (Å²) in [5.41, 5.74) is 3.97. The number of aliphatic hydroxyl groups is 1. The monoisotopic (exact) mass is 567 g/mol. The number of benzene rings is 1. The summed E-state index contributed by atoms with van der Waals surface area (Å²) in [6, 6.07) is 6.06. The fourth-order valence-corrected chi connectivity index (χ4v) is 7.13. The minimum absolute atomic E-state index is 0.0502. The molecule has 0 spiro atoms. The highest BCUT2D eigenvalue weighted by Gasteiger charge is 2.27. The van der Waals surface area contributed by atoms with Gasteiger partial charge in [-0.05, 0) is 80.7 Å². The van der Waals surface area contributed by atoms with Crippen LogP contribution in [0.2, 0.25) is 0 Å². The van der Waals surface area contributed by atoms with E-state index in [0.29, 0.717) is 25.4 Å². The molecule has 0 atom stereocenters. The molecule has 3 aromatic rings. The number of anilines is 1. The van der Waals surface area contributed by atoms with Gasteiger partial charge >= 0.3 is 0 Å². The van der Waals surface area contributed by atoms with Gasteiger partial charge < -0.3 is 14.4 Å². The van der Waals surface area contributed by atoms with Gasteiger partial charge in [-0.15, -0.1) is 0 Å². The SMILES string of the molecule is CCCc1cnc(N2CCC(Cc3nc4ccc(C5=CCN(S(=O)(=O)CCC(C)(C)O)CC5)cc4o3)CC2)nc1. The van der Waals surface area contributed by atoms with E-state index in [1.165, 1.54) is 9.87 Å². The van der Waals surface area contributed by atoms with Crippen LogP contribution in [0, 0.1) is 5.92 Å². The van der Waals surface area contributed by atoms with Crippen molar-refractivity contribution in [1.82, 2.24) is 19.3 Å². The molecule has 4 heterocycles. The van der Waals surface area contributed by atoms with Crippen LogP contribution in [0.4, 0.5) is 5.95 Å². The first-order chi connectivity index (χ1) is 19.1. The van der Waals surface area contributed by atoms with Crippen LogP contribution in [0.1, 0.15) is 69.9 Å². The van der Waals surface area contributed by atoms with Gasteiger partial charge in [-0.1, -0.05) is 25.5 Å². The van der Waals surface area contributed by atoms with Crippen molar-refractivity contribution < 1.29 is 17.9 Å². The van der Waals surface area contributed by atoms with Crippen LogP contribution in [-0.4, -0.2) is 70.3 Å². The van der Waals surface area contributed by atoms with E-state index in [1.807, 2.05) is 36.7 Å². The largest absolute Gasteiger partial charge is 0.441 e. The zero-order valence-electron chi connectivity index (χ0n) is 23.8. The Balaban J connectivity index is 1.17. The molecule has 5 rings (SSSR count). The Morgan fingerprint density at radius 1 is 1.12 bits per heavy atom. The molecular weight excluding hydrogens is 526 g/mol. The van der Waals surface area contributed by atoms with E-state index in [4.69, 9.17) is 9.40 Å². The Morgan fingerprint density at radius 2 is 1.88 bits per heavy atom. The van der Waals surface area contributed by atoms with Gasteiger partial charge in [0.25, 0.3) is 0 Å². The van der Waals surface area contributed by atoms with Crippen molar-refractivity contribution in [1.29, 1.82) is 0 Å². The molecule has 0 unspecified atom stereocenters. The van der Waals surface area contributed by atoms with E-state index in [2.05, 4.69) is 21.8 Å². The van der Waals surface area contributed by atoms with Gasteiger partial charge in [-0.25, -0.2) is 23.4 Å². The molecule has 216 valence electrons. The Labute approximate surface area is 237 Å². The van der Waals surface area contributed by atoms with Gasteiger partial charge in [-0.2, -0.15) is 4.31 Å². The highest BCUT2D eigenvalue weighted by atomic mass is 32.2. The molecule has 0 aliphatic carbocycles. The van der Waals surface area contributed by atoms with Crippen molar-refractivity contribution >= 4 is 32.6 Å². The second-order valence-electron chi connectivity index (χ2n) is 11.8. The molecule has 40 heavy (non-hydrogen) atoms. The predicted octanol–water partition coefficient (Wildman–Crippen LogP) is 4.61. The lowest BCUT2D eigenvalue weighted by molar-refractivity contribution is 0.0769. The topological polar surface area (TPSA) is 113 Å². The number of sulfonamides is 1. The molecule has 9 nitrogen and oxygen atoms in total. The lowest BCUT2D eigenvalue weighted by Crippen LogP contribution is -2.38. The lowest BCUT2D eigenvalue weighted by Gasteiger charge is -2.31. The van der Waals surface area contributed by atoms with Crippen LogP contribution < -0.4 is 4.90 Å². The number of nitrogens with zero attached hydrogens (tertiary/aromatic N) is 5. The third-order valence-corrected chi connectivity index (χ3v) is 9.77. The Hall–Kier alpha value is -2.82. The maximum Gasteiger partial charge on any atom is 0.225 e. The maximum absolute atomic E-state index is 12.7. The van der Waals surface area contributed by atoms with Crippen LogP contribution in [0.15, 0.2) is 41.1 Å². The molecule has 2 aromatic heterocycles. The van der Waals surface area contributed by atoms with Gasteiger partial charge in [0.05, 0.1) is 11.4 Å². The first-order valence-electron chi connectivity index (χ1n) is 14.4. The summed E-state index contributed by atoms with van der Waals surface area (Å²) in [4.78, 5) is 16.2. The van der Waals surface area contributed by atoms with E-state index >= 15 is 0 Å². The molecule has 0 saturated carbocycles. The number of oxazole rings is 1. The van der Waals surface area contributed by atoms with Crippen LogP contribution in [-0.2, 0) is 22.9 Å². The molecular formula is C30H41N5O4S. The summed E-state index contributed by atoms with van der Waals surface area (Å²) in [6.45, 7) is 8.07. The third kappa shape index (κ3) is 7.08. The quantitative estimate of drug-likeness (QED) is 0.378. The van der Waals surface area contributed by atoms with E-state index in [-0.39, 0.29) is 12.2 Å². The first-order valence-corrected chi connectivity index (χ1v) is 16.1. The molecule has 2 aliphatic rings. The van der Waals surface area contributed by atoms with Gasteiger partial charge in [-0.3, -0.25) is 0 Å². The lowest BCUT2D eigenvalue weighted by atomic mass is 9.94. The second-order valence-corrected chi connectivity index (χ2v) is 13.9. The molecule has 0 bridgehead atoms. The summed E-state index contributed by atoms with van der Waals surface area (Å²) in [7, 11) is -3.40. The van der Waals surface area contributed by atoms with Crippen molar-refractivity contribution in [2.75, 3.05) is 36.8 Å². The first kappa shape index (κ1) is 28.7. The number of hydrogen-bond donors (Lipinski definition) is 1. The number of aromatic nitrogens is 3. The van der Waals surface area contributed by atoms with Crippen molar-refractivity contribution in [2.24, 2.45) is 5.92 Å². The second kappa shape index (κ2) is 12.0. The zero-order valence-corrected chi connectivity index (χ0v) is 24.7. The van der Waals surface area contributed by atoms with Gasteiger partial charge in [0.15, 0.2) is 11.5 Å². The molecule has 1 N–H and O–H groups in total. The summed E-state index contributed by atoms with van der Waals surface area (Å²) in [6.07, 6.45) is 11.8. The van der Waals surface area contributed by atoms with Crippen LogP contribution in [0.5, 0.6) is 0 Å². The standard InChI is InChI=1S/C30H41N5O4S/c1-4-5-23-20-31-29(32-21-23)34-13-8-22(9-14-34)18-28-33-26-7-6-25(19-27(26)39-28)24-10-15-35(16-11-24)40(37,38)17-12-30(2,3)36/h6-7,10,19-22,36H,4-5,8-9,11-18H2,1-3H3. The Bertz CT molecular complexity index is 1430. The fraction of sp³-hybridized carbons (Fsp3) is 0.567. The minimum Gasteiger partial charge on any atom is -0.441 e. The number of piperidine rings is 1. The number of hydrogen-bond acceptors (Lipinski definition) is 8. The smallest absolute Gasteiger partial charge is 0.225 e. The van der Waals surface area contributed by atoms with Gasteiger partial charge in [0, 0.05) is 45.0 Å². The molecule has 1 saturated heterocycles. The molecule has 1 aromatic carbocycles. The van der Waals surface area contributed by atoms with Crippen LogP contribution >= 0.6 is 0 Å². The Morgan fingerprint density at radius 3 is 2.52 bits per heavy atom. The molecule has 10 heteroatoms. The van der Waals surface area contributed by atoms with Crippen molar-refractivity contribution in [2.45, 2.75) is 71.3 Å². The summed E-state index contributed by atoms with van der Waals surface area (Å²) < 4.78 is 33.1. The summed E-state index contributed by atoms with van der Waals surface area (Å²) in [5.74, 6) is 2.05. The third-order valence-electron chi connectivity index (χ3n) is 7.93. The Kier molecular flexibility index (Phi) is 8.58. The number of aryl methyl sites for hydroxylation is 1. The van der Waals surface area contributed by atoms with Crippen LogP contribution in [0.3, 0.4) is 0 Å². The van der Waals surface area contributed by atoms with Crippen LogP contribution in [0.25, 0.3) is 16.7 Å². The summed E-state index contributed by atoms with van der Waals surface area (Å²) in [5, 5.41) is 9.91. The summed E-state index contributed by atoms with van der Waals surface area (Å²) >= 11 is 0. The van der Waals surface area contributed by atoms with Crippen molar-refractivity contribution in [3.05, 3.63) is 53.7 Å². The van der Waals surface area contributed by atoms with E-state index in [9.17, 15) is 13.5 Å². The van der Waals surface area contributed by atoms with E-state index in [0.717, 1.165) is 79.3 Å². The van der Waals surface area contributed by atoms with Crippen molar-refractivity contribution in [3.8, 4) is 0 Å². The fourth-order valence-electron chi connectivity index (χ4n) is 5.45. The maximum atomic E-state index is 12.7. The average Bonchev–Trinajstić information content (AvgIpc) is 3.34.